The smallest absolute Gasteiger partial charge is 0.120 e. The Balaban J connectivity index is 2.65. The molecule has 2 atom stereocenters. The van der Waals surface area contributed by atoms with Gasteiger partial charge in [0.15, 0.2) is 0 Å². The molecule has 1 rings (SSSR count). The SMILES string of the molecule is CC1(C)OCCNC1C(C#N)CCC=O. The molecule has 15 heavy (non-hydrogen) atoms. The van der Waals surface area contributed by atoms with Gasteiger partial charge in [-0.2, -0.15) is 5.26 Å². The van der Waals surface area contributed by atoms with Gasteiger partial charge in [0.1, 0.15) is 6.29 Å². The number of rotatable bonds is 4. The average Bonchev–Trinajstić information content (AvgIpc) is 2.20. The highest BCUT2D eigenvalue weighted by Crippen LogP contribution is 2.26. The largest absolute Gasteiger partial charge is 0.373 e. The number of aldehydes is 1. The maximum Gasteiger partial charge on any atom is 0.120 e. The van der Waals surface area contributed by atoms with E-state index in [0.717, 1.165) is 12.8 Å². The molecule has 0 aromatic carbocycles. The lowest BCUT2D eigenvalue weighted by molar-refractivity contribution is -0.108. The van der Waals surface area contributed by atoms with Crippen molar-refractivity contribution in [1.82, 2.24) is 5.32 Å². The molecule has 1 aliphatic rings. The van der Waals surface area contributed by atoms with E-state index in [9.17, 15) is 4.79 Å². The Hall–Kier alpha value is -0.920. The molecule has 0 radical (unpaired) electrons. The summed E-state index contributed by atoms with van der Waals surface area (Å²) >= 11 is 0. The maximum absolute atomic E-state index is 10.3. The summed E-state index contributed by atoms with van der Waals surface area (Å²) in [4.78, 5) is 10.3. The molecule has 2 unspecified atom stereocenters. The molecule has 1 heterocycles. The summed E-state index contributed by atoms with van der Waals surface area (Å²) in [5.74, 6) is -0.162. The third kappa shape index (κ3) is 3.01. The second-order valence-electron chi connectivity index (χ2n) is 4.36. The summed E-state index contributed by atoms with van der Waals surface area (Å²) < 4.78 is 5.64. The number of hydrogen-bond donors (Lipinski definition) is 1. The van der Waals surface area contributed by atoms with Crippen LogP contribution in [-0.4, -0.2) is 31.1 Å². The van der Waals surface area contributed by atoms with Gasteiger partial charge >= 0.3 is 0 Å². The first-order valence-electron chi connectivity index (χ1n) is 5.32. The lowest BCUT2D eigenvalue weighted by Crippen LogP contribution is -2.57. The molecule has 0 spiro atoms. The zero-order valence-electron chi connectivity index (χ0n) is 9.32. The van der Waals surface area contributed by atoms with E-state index in [1.165, 1.54) is 0 Å². The number of carbonyl (C=O) groups is 1. The van der Waals surface area contributed by atoms with Gasteiger partial charge in [-0.05, 0) is 20.3 Å². The number of morpholine rings is 1. The monoisotopic (exact) mass is 210 g/mol. The van der Waals surface area contributed by atoms with Crippen molar-refractivity contribution >= 4 is 6.29 Å². The molecule has 0 aromatic heterocycles. The molecule has 84 valence electrons. The predicted octanol–water partition coefficient (Wildman–Crippen LogP) is 0.872. The van der Waals surface area contributed by atoms with Crippen LogP contribution >= 0.6 is 0 Å². The maximum atomic E-state index is 10.3. The van der Waals surface area contributed by atoms with Gasteiger partial charge in [0.25, 0.3) is 0 Å². The normalized spacial score (nSPS) is 26.6. The first kappa shape index (κ1) is 12.2. The summed E-state index contributed by atoms with van der Waals surface area (Å²) in [6.07, 6.45) is 1.90. The van der Waals surface area contributed by atoms with E-state index in [4.69, 9.17) is 10.00 Å². The molecule has 4 nitrogen and oxygen atoms in total. The lowest BCUT2D eigenvalue weighted by Gasteiger charge is -2.41. The van der Waals surface area contributed by atoms with Crippen molar-refractivity contribution in [1.29, 1.82) is 5.26 Å². The van der Waals surface area contributed by atoms with Crippen molar-refractivity contribution in [3.63, 3.8) is 0 Å². The van der Waals surface area contributed by atoms with E-state index >= 15 is 0 Å². The fourth-order valence-electron chi connectivity index (χ4n) is 2.04. The lowest BCUT2D eigenvalue weighted by atomic mass is 9.84. The van der Waals surface area contributed by atoms with E-state index in [2.05, 4.69) is 11.4 Å². The minimum Gasteiger partial charge on any atom is -0.373 e. The molecule has 0 aliphatic carbocycles. The van der Waals surface area contributed by atoms with Crippen LogP contribution < -0.4 is 5.32 Å². The van der Waals surface area contributed by atoms with E-state index in [-0.39, 0.29) is 17.6 Å². The molecule has 1 saturated heterocycles. The number of nitriles is 1. The highest BCUT2D eigenvalue weighted by atomic mass is 16.5. The van der Waals surface area contributed by atoms with Crippen LogP contribution in [0.15, 0.2) is 0 Å². The quantitative estimate of drug-likeness (QED) is 0.699. The minimum absolute atomic E-state index is 0.0104. The zero-order valence-corrected chi connectivity index (χ0v) is 9.32. The van der Waals surface area contributed by atoms with E-state index < -0.39 is 0 Å². The fourth-order valence-corrected chi connectivity index (χ4v) is 2.04. The molecule has 0 saturated carbocycles. The topological polar surface area (TPSA) is 62.1 Å². The highest BCUT2D eigenvalue weighted by Gasteiger charge is 2.38. The number of ether oxygens (including phenoxy) is 1. The third-order valence-corrected chi connectivity index (χ3v) is 2.85. The highest BCUT2D eigenvalue weighted by molar-refractivity contribution is 5.49. The Morgan fingerprint density at radius 1 is 1.73 bits per heavy atom. The Bertz CT molecular complexity index is 258. The van der Waals surface area contributed by atoms with Crippen molar-refractivity contribution in [3.05, 3.63) is 0 Å². The van der Waals surface area contributed by atoms with Crippen LogP contribution in [0.4, 0.5) is 0 Å². The van der Waals surface area contributed by atoms with Gasteiger partial charge in [0, 0.05) is 13.0 Å². The average molecular weight is 210 g/mol. The Kier molecular flexibility index (Phi) is 4.25. The Morgan fingerprint density at radius 3 is 3.00 bits per heavy atom. The minimum atomic E-state index is -0.332. The van der Waals surface area contributed by atoms with Crippen molar-refractivity contribution < 1.29 is 9.53 Å². The van der Waals surface area contributed by atoms with Crippen LogP contribution in [0, 0.1) is 17.2 Å². The van der Waals surface area contributed by atoms with Crippen LogP contribution in [0.2, 0.25) is 0 Å². The van der Waals surface area contributed by atoms with Crippen molar-refractivity contribution in [3.8, 4) is 6.07 Å². The Morgan fingerprint density at radius 2 is 2.47 bits per heavy atom. The standard InChI is InChI=1S/C11H18N2O2/c1-11(2)10(13-5-7-15-11)9(8-12)4-3-6-14/h6,9-10,13H,3-5,7H2,1-2H3. The number of nitrogens with one attached hydrogen (secondary N) is 1. The summed E-state index contributed by atoms with van der Waals surface area (Å²) in [7, 11) is 0. The zero-order chi connectivity index (χ0) is 11.3. The summed E-state index contributed by atoms with van der Waals surface area (Å²) in [5, 5.41) is 12.4. The van der Waals surface area contributed by atoms with Gasteiger partial charge in [0.05, 0.1) is 30.2 Å². The van der Waals surface area contributed by atoms with Crippen LogP contribution in [0.3, 0.4) is 0 Å². The second-order valence-corrected chi connectivity index (χ2v) is 4.36. The van der Waals surface area contributed by atoms with E-state index in [0.29, 0.717) is 19.4 Å². The molecule has 1 N–H and O–H groups in total. The van der Waals surface area contributed by atoms with Gasteiger partial charge in [-0.15, -0.1) is 0 Å². The van der Waals surface area contributed by atoms with Crippen LogP contribution in [-0.2, 0) is 9.53 Å². The number of carbonyl (C=O) groups excluding carboxylic acids is 1. The van der Waals surface area contributed by atoms with Crippen LogP contribution in [0.5, 0.6) is 0 Å². The molecule has 0 aromatic rings. The molecular formula is C11H18N2O2. The fraction of sp³-hybridized carbons (Fsp3) is 0.818. The molecule has 4 heteroatoms. The van der Waals surface area contributed by atoms with Gasteiger partial charge in [-0.25, -0.2) is 0 Å². The molecule has 0 bridgehead atoms. The van der Waals surface area contributed by atoms with Crippen LogP contribution in [0.1, 0.15) is 26.7 Å². The molecular weight excluding hydrogens is 192 g/mol. The van der Waals surface area contributed by atoms with Gasteiger partial charge < -0.3 is 14.8 Å². The molecule has 0 amide bonds. The van der Waals surface area contributed by atoms with Gasteiger partial charge in [-0.1, -0.05) is 0 Å². The Labute approximate surface area is 90.6 Å². The predicted molar refractivity (Wildman–Crippen MR) is 56.2 cm³/mol. The van der Waals surface area contributed by atoms with Gasteiger partial charge in [0.2, 0.25) is 0 Å². The van der Waals surface area contributed by atoms with Gasteiger partial charge in [-0.3, -0.25) is 0 Å². The van der Waals surface area contributed by atoms with E-state index in [1.807, 2.05) is 13.8 Å². The molecule has 1 aliphatic heterocycles. The number of nitrogens with zero attached hydrogens (tertiary/aromatic N) is 1. The van der Waals surface area contributed by atoms with E-state index in [1.54, 1.807) is 0 Å². The summed E-state index contributed by atoms with van der Waals surface area (Å²) in [6.45, 7) is 5.41. The van der Waals surface area contributed by atoms with Crippen LogP contribution in [0.25, 0.3) is 0 Å². The first-order valence-corrected chi connectivity index (χ1v) is 5.32. The molecule has 1 fully saturated rings. The number of hydrogen-bond acceptors (Lipinski definition) is 4. The van der Waals surface area contributed by atoms with Crippen molar-refractivity contribution in [2.75, 3.05) is 13.2 Å². The second kappa shape index (κ2) is 5.24. The van der Waals surface area contributed by atoms with Crippen molar-refractivity contribution in [2.24, 2.45) is 5.92 Å². The summed E-state index contributed by atoms with van der Waals surface area (Å²) in [5.41, 5.74) is -0.332. The summed E-state index contributed by atoms with van der Waals surface area (Å²) in [6, 6.07) is 2.27. The third-order valence-electron chi connectivity index (χ3n) is 2.85. The van der Waals surface area contributed by atoms with Crippen molar-refractivity contribution in [2.45, 2.75) is 38.3 Å². The first-order chi connectivity index (χ1) is 7.11.